The number of hydrogen-bond acceptors (Lipinski definition) is 3. The van der Waals surface area contributed by atoms with E-state index in [-0.39, 0.29) is 18.2 Å². The van der Waals surface area contributed by atoms with E-state index in [9.17, 15) is 13.2 Å². The van der Waals surface area contributed by atoms with Crippen molar-refractivity contribution in [2.45, 2.75) is 18.6 Å². The molecule has 3 nitrogen and oxygen atoms in total. The van der Waals surface area contributed by atoms with Crippen molar-refractivity contribution >= 4 is 11.6 Å². The molecule has 1 aromatic carbocycles. The third-order valence-corrected chi connectivity index (χ3v) is 2.64. The zero-order valence-corrected chi connectivity index (χ0v) is 9.31. The number of hydrogen-bond donors (Lipinski definition) is 1. The van der Waals surface area contributed by atoms with Gasteiger partial charge in [-0.1, -0.05) is 11.6 Å². The van der Waals surface area contributed by atoms with Gasteiger partial charge in [0.25, 0.3) is 0 Å². The highest BCUT2D eigenvalue weighted by Gasteiger charge is 2.36. The Morgan fingerprint density at radius 2 is 2.06 bits per heavy atom. The molecule has 1 aromatic rings. The molecule has 0 spiro atoms. The lowest BCUT2D eigenvalue weighted by Gasteiger charge is -2.15. The quantitative estimate of drug-likeness (QED) is 0.895. The van der Waals surface area contributed by atoms with E-state index in [1.807, 2.05) is 0 Å². The van der Waals surface area contributed by atoms with E-state index >= 15 is 0 Å². The lowest BCUT2D eigenvalue weighted by Crippen LogP contribution is -2.39. The molecule has 0 radical (unpaired) electrons. The number of fused-ring (bicyclic) bond motifs is 1. The predicted molar refractivity (Wildman–Crippen MR) is 55.3 cm³/mol. The van der Waals surface area contributed by atoms with Gasteiger partial charge < -0.3 is 15.2 Å². The van der Waals surface area contributed by atoms with E-state index in [0.717, 1.165) is 0 Å². The Morgan fingerprint density at radius 3 is 2.71 bits per heavy atom. The van der Waals surface area contributed by atoms with Crippen molar-refractivity contribution in [3.05, 3.63) is 22.7 Å². The van der Waals surface area contributed by atoms with Gasteiger partial charge in [0, 0.05) is 0 Å². The molecule has 17 heavy (non-hydrogen) atoms. The first-order valence-electron chi connectivity index (χ1n) is 4.78. The van der Waals surface area contributed by atoms with E-state index in [0.29, 0.717) is 17.1 Å². The Hall–Kier alpha value is -1.14. The maximum absolute atomic E-state index is 12.3. The fourth-order valence-corrected chi connectivity index (χ4v) is 1.80. The van der Waals surface area contributed by atoms with Crippen LogP contribution >= 0.6 is 11.6 Å². The molecule has 0 bridgehead atoms. The third kappa shape index (κ3) is 2.58. The lowest BCUT2D eigenvalue weighted by atomic mass is 10.1. The summed E-state index contributed by atoms with van der Waals surface area (Å²) in [5, 5.41) is 0.226. The molecule has 94 valence electrons. The van der Waals surface area contributed by atoms with Crippen LogP contribution < -0.4 is 15.2 Å². The Morgan fingerprint density at radius 1 is 1.35 bits per heavy atom. The number of nitrogens with two attached hydrogens (primary N) is 1. The molecule has 1 atom stereocenters. The molecule has 0 saturated carbocycles. The van der Waals surface area contributed by atoms with Crippen LogP contribution in [0.1, 0.15) is 5.56 Å². The Bertz CT molecular complexity index is 436. The summed E-state index contributed by atoms with van der Waals surface area (Å²) >= 11 is 5.85. The molecule has 1 aliphatic rings. The summed E-state index contributed by atoms with van der Waals surface area (Å²) < 4.78 is 47.0. The Kier molecular flexibility index (Phi) is 3.09. The summed E-state index contributed by atoms with van der Waals surface area (Å²) in [5.41, 5.74) is 5.40. The molecule has 2 N–H and O–H groups in total. The van der Waals surface area contributed by atoms with Crippen molar-refractivity contribution in [2.75, 3.05) is 6.79 Å². The van der Waals surface area contributed by atoms with Crippen LogP contribution in [0.3, 0.4) is 0 Å². The first-order valence-corrected chi connectivity index (χ1v) is 5.16. The molecule has 1 heterocycles. The average Bonchev–Trinajstić information content (AvgIpc) is 2.64. The number of alkyl halides is 3. The van der Waals surface area contributed by atoms with Crippen molar-refractivity contribution < 1.29 is 22.6 Å². The lowest BCUT2D eigenvalue weighted by molar-refractivity contribution is -0.147. The fourth-order valence-electron chi connectivity index (χ4n) is 1.51. The molecule has 0 aromatic heterocycles. The summed E-state index contributed by atoms with van der Waals surface area (Å²) in [6, 6.07) is 0.944. The second-order valence-electron chi connectivity index (χ2n) is 3.66. The molecule has 7 heteroatoms. The minimum Gasteiger partial charge on any atom is -0.454 e. The molecule has 0 fully saturated rings. The number of ether oxygens (including phenoxy) is 2. The van der Waals surface area contributed by atoms with Crippen molar-refractivity contribution in [1.82, 2.24) is 0 Å². The van der Waals surface area contributed by atoms with Gasteiger partial charge in [0.1, 0.15) is 6.04 Å². The largest absolute Gasteiger partial charge is 0.454 e. The SMILES string of the molecule is NC(Cc1cc(Cl)c2c(c1)OCO2)C(F)(F)F. The van der Waals surface area contributed by atoms with Gasteiger partial charge in [-0.2, -0.15) is 13.2 Å². The molecule has 0 saturated heterocycles. The first-order chi connectivity index (χ1) is 7.88. The molecule has 0 aliphatic carbocycles. The smallest absolute Gasteiger partial charge is 0.403 e. The maximum Gasteiger partial charge on any atom is 0.403 e. The van der Waals surface area contributed by atoms with Gasteiger partial charge in [-0.25, -0.2) is 0 Å². The molecule has 1 aliphatic heterocycles. The van der Waals surface area contributed by atoms with Crippen molar-refractivity contribution in [2.24, 2.45) is 5.73 Å². The Balaban J connectivity index is 2.21. The van der Waals surface area contributed by atoms with E-state index in [2.05, 4.69) is 0 Å². The van der Waals surface area contributed by atoms with E-state index in [4.69, 9.17) is 26.8 Å². The topological polar surface area (TPSA) is 44.5 Å². The van der Waals surface area contributed by atoms with E-state index in [1.165, 1.54) is 12.1 Å². The van der Waals surface area contributed by atoms with Crippen LogP contribution in [0.5, 0.6) is 11.5 Å². The second-order valence-corrected chi connectivity index (χ2v) is 4.07. The van der Waals surface area contributed by atoms with E-state index < -0.39 is 12.2 Å². The minimum atomic E-state index is -4.43. The Labute approximate surface area is 100 Å². The van der Waals surface area contributed by atoms with Gasteiger partial charge in [-0.3, -0.25) is 0 Å². The van der Waals surface area contributed by atoms with Crippen LogP contribution in [0.25, 0.3) is 0 Å². The van der Waals surface area contributed by atoms with Crippen LogP contribution in [0.2, 0.25) is 5.02 Å². The number of benzene rings is 1. The summed E-state index contributed by atoms with van der Waals surface area (Å²) in [7, 11) is 0. The second kappa shape index (κ2) is 4.27. The van der Waals surface area contributed by atoms with Crippen LogP contribution in [0.4, 0.5) is 13.2 Å². The van der Waals surface area contributed by atoms with Gasteiger partial charge in [0.2, 0.25) is 6.79 Å². The number of rotatable bonds is 2. The first kappa shape index (κ1) is 12.3. The van der Waals surface area contributed by atoms with Crippen LogP contribution in [-0.4, -0.2) is 19.0 Å². The summed E-state index contributed by atoms with van der Waals surface area (Å²) in [6.07, 6.45) is -4.78. The summed E-state index contributed by atoms with van der Waals surface area (Å²) in [4.78, 5) is 0. The maximum atomic E-state index is 12.3. The summed E-state index contributed by atoms with van der Waals surface area (Å²) in [5.74, 6) is 0.706. The fraction of sp³-hybridized carbons (Fsp3) is 0.400. The summed E-state index contributed by atoms with van der Waals surface area (Å²) in [6.45, 7) is 0.0177. The van der Waals surface area contributed by atoms with Gasteiger partial charge in [0.15, 0.2) is 11.5 Å². The molecular formula is C10H9ClF3NO2. The van der Waals surface area contributed by atoms with Gasteiger partial charge in [0.05, 0.1) is 5.02 Å². The highest BCUT2D eigenvalue weighted by molar-refractivity contribution is 6.32. The van der Waals surface area contributed by atoms with E-state index in [1.54, 1.807) is 0 Å². The normalized spacial score (nSPS) is 16.1. The molecular weight excluding hydrogens is 259 g/mol. The standard InChI is InChI=1S/C10H9ClF3NO2/c11-6-1-5(3-8(15)10(12,13)14)2-7-9(6)17-4-16-7/h1-2,8H,3-4,15H2. The minimum absolute atomic E-state index is 0.0177. The van der Waals surface area contributed by atoms with Crippen LogP contribution in [0, 0.1) is 0 Å². The zero-order valence-electron chi connectivity index (χ0n) is 8.55. The predicted octanol–water partition coefficient (Wildman–Crippen LogP) is 2.50. The number of halogens is 4. The zero-order chi connectivity index (χ0) is 12.6. The average molecular weight is 268 g/mol. The van der Waals surface area contributed by atoms with Crippen LogP contribution in [0.15, 0.2) is 12.1 Å². The van der Waals surface area contributed by atoms with Gasteiger partial charge in [-0.05, 0) is 24.1 Å². The molecule has 2 rings (SSSR count). The van der Waals surface area contributed by atoms with Gasteiger partial charge in [-0.15, -0.1) is 0 Å². The molecule has 1 unspecified atom stereocenters. The van der Waals surface area contributed by atoms with Crippen molar-refractivity contribution in [1.29, 1.82) is 0 Å². The highest BCUT2D eigenvalue weighted by atomic mass is 35.5. The van der Waals surface area contributed by atoms with Crippen molar-refractivity contribution in [3.63, 3.8) is 0 Å². The molecule has 0 amide bonds. The van der Waals surface area contributed by atoms with Crippen molar-refractivity contribution in [3.8, 4) is 11.5 Å². The highest BCUT2D eigenvalue weighted by Crippen LogP contribution is 2.40. The third-order valence-electron chi connectivity index (χ3n) is 2.36. The monoisotopic (exact) mass is 267 g/mol. The van der Waals surface area contributed by atoms with Gasteiger partial charge >= 0.3 is 6.18 Å². The van der Waals surface area contributed by atoms with Crippen LogP contribution in [-0.2, 0) is 6.42 Å².